The average molecular weight is 331 g/mol. The molecule has 0 aromatic heterocycles. The number of rotatable bonds is 4. The van der Waals surface area contributed by atoms with Crippen LogP contribution in [0.5, 0.6) is 5.75 Å². The predicted molar refractivity (Wildman–Crippen MR) is 74.9 cm³/mol. The first kappa shape index (κ1) is 16.2. The monoisotopic (exact) mass is 330 g/mol. The van der Waals surface area contributed by atoms with E-state index < -0.39 is 12.3 Å². The van der Waals surface area contributed by atoms with Crippen LogP contribution in [0, 0.1) is 0 Å². The maximum absolute atomic E-state index is 12.3. The van der Waals surface area contributed by atoms with Crippen LogP contribution >= 0.6 is 11.6 Å². The SMILES string of the molecule is O=C(O)Cc1cc(Cl)ccc1-c1cccc(OC(F)(F)F)c1. The van der Waals surface area contributed by atoms with Gasteiger partial charge in [0.15, 0.2) is 0 Å². The summed E-state index contributed by atoms with van der Waals surface area (Å²) < 4.78 is 40.7. The van der Waals surface area contributed by atoms with Crippen LogP contribution in [0.2, 0.25) is 5.02 Å². The molecule has 1 N–H and O–H groups in total. The zero-order valence-corrected chi connectivity index (χ0v) is 11.8. The van der Waals surface area contributed by atoms with Gasteiger partial charge >= 0.3 is 12.3 Å². The van der Waals surface area contributed by atoms with Gasteiger partial charge in [-0.2, -0.15) is 0 Å². The van der Waals surface area contributed by atoms with Crippen LogP contribution in [0.3, 0.4) is 0 Å². The summed E-state index contributed by atoms with van der Waals surface area (Å²) in [5.41, 5.74) is 1.30. The van der Waals surface area contributed by atoms with Gasteiger partial charge in [0.2, 0.25) is 0 Å². The molecule has 0 saturated carbocycles. The van der Waals surface area contributed by atoms with Gasteiger partial charge in [-0.05, 0) is 41.0 Å². The van der Waals surface area contributed by atoms with Gasteiger partial charge < -0.3 is 9.84 Å². The van der Waals surface area contributed by atoms with E-state index in [4.69, 9.17) is 16.7 Å². The van der Waals surface area contributed by atoms with Gasteiger partial charge in [0.1, 0.15) is 5.75 Å². The molecular formula is C15H10ClF3O3. The second kappa shape index (κ2) is 6.27. The second-order valence-electron chi connectivity index (χ2n) is 4.45. The summed E-state index contributed by atoms with van der Waals surface area (Å²) in [7, 11) is 0. The third-order valence-corrected chi connectivity index (χ3v) is 3.02. The number of carboxylic acids is 1. The minimum Gasteiger partial charge on any atom is -0.481 e. The van der Waals surface area contributed by atoms with Crippen LogP contribution in [0.1, 0.15) is 5.56 Å². The highest BCUT2D eigenvalue weighted by Gasteiger charge is 2.31. The van der Waals surface area contributed by atoms with Gasteiger partial charge in [-0.1, -0.05) is 29.8 Å². The molecule has 0 aliphatic rings. The molecule has 0 bridgehead atoms. The van der Waals surface area contributed by atoms with Crippen molar-refractivity contribution in [3.8, 4) is 16.9 Å². The van der Waals surface area contributed by atoms with Crippen molar-refractivity contribution < 1.29 is 27.8 Å². The fourth-order valence-corrected chi connectivity index (χ4v) is 2.21. The minimum atomic E-state index is -4.79. The third-order valence-electron chi connectivity index (χ3n) is 2.79. The van der Waals surface area contributed by atoms with E-state index >= 15 is 0 Å². The van der Waals surface area contributed by atoms with Crippen molar-refractivity contribution in [1.82, 2.24) is 0 Å². The third kappa shape index (κ3) is 4.39. The van der Waals surface area contributed by atoms with Crippen LogP contribution < -0.4 is 4.74 Å². The number of halogens is 4. The van der Waals surface area contributed by atoms with Crippen LogP contribution in [0.4, 0.5) is 13.2 Å². The van der Waals surface area contributed by atoms with Crippen molar-refractivity contribution in [1.29, 1.82) is 0 Å². The summed E-state index contributed by atoms with van der Waals surface area (Å²) in [4.78, 5) is 10.9. The van der Waals surface area contributed by atoms with Crippen LogP contribution in [-0.4, -0.2) is 17.4 Å². The highest BCUT2D eigenvalue weighted by Crippen LogP contribution is 2.31. The highest BCUT2D eigenvalue weighted by molar-refractivity contribution is 6.30. The quantitative estimate of drug-likeness (QED) is 0.895. The molecule has 0 radical (unpaired) electrons. The molecule has 0 aliphatic carbocycles. The predicted octanol–water partition coefficient (Wildman–Crippen LogP) is 4.53. The number of alkyl halides is 3. The van der Waals surface area contributed by atoms with Crippen molar-refractivity contribution in [2.75, 3.05) is 0 Å². The summed E-state index contributed by atoms with van der Waals surface area (Å²) >= 11 is 5.84. The smallest absolute Gasteiger partial charge is 0.481 e. The lowest BCUT2D eigenvalue weighted by Gasteiger charge is -2.12. The van der Waals surface area contributed by atoms with Crippen LogP contribution in [0.15, 0.2) is 42.5 Å². The van der Waals surface area contributed by atoms with Crippen molar-refractivity contribution in [2.24, 2.45) is 0 Å². The molecule has 0 fully saturated rings. The topological polar surface area (TPSA) is 46.5 Å². The molecule has 0 spiro atoms. The van der Waals surface area contributed by atoms with E-state index in [1.165, 1.54) is 24.3 Å². The van der Waals surface area contributed by atoms with E-state index in [1.54, 1.807) is 18.2 Å². The van der Waals surface area contributed by atoms with Crippen LogP contribution in [0.25, 0.3) is 11.1 Å². The molecular weight excluding hydrogens is 321 g/mol. The number of hydrogen-bond acceptors (Lipinski definition) is 2. The molecule has 0 atom stereocenters. The number of carboxylic acid groups (broad SMARTS) is 1. The van der Waals surface area contributed by atoms with E-state index in [0.29, 0.717) is 21.7 Å². The Labute approximate surface area is 128 Å². The number of ether oxygens (including phenoxy) is 1. The molecule has 7 heteroatoms. The number of benzene rings is 2. The van der Waals surface area contributed by atoms with E-state index in [2.05, 4.69) is 4.74 Å². The first-order chi connectivity index (χ1) is 10.2. The van der Waals surface area contributed by atoms with E-state index in [-0.39, 0.29) is 12.2 Å². The molecule has 0 heterocycles. The maximum Gasteiger partial charge on any atom is 0.573 e. The van der Waals surface area contributed by atoms with Gasteiger partial charge in [-0.3, -0.25) is 4.79 Å². The largest absolute Gasteiger partial charge is 0.573 e. The Kier molecular flexibility index (Phi) is 4.61. The van der Waals surface area contributed by atoms with E-state index in [1.807, 2.05) is 0 Å². The molecule has 2 rings (SSSR count). The normalized spacial score (nSPS) is 11.3. The van der Waals surface area contributed by atoms with Gasteiger partial charge in [0, 0.05) is 5.02 Å². The second-order valence-corrected chi connectivity index (χ2v) is 4.88. The molecule has 22 heavy (non-hydrogen) atoms. The molecule has 116 valence electrons. The van der Waals surface area contributed by atoms with Gasteiger partial charge in [0.05, 0.1) is 6.42 Å². The Morgan fingerprint density at radius 1 is 1.18 bits per heavy atom. The summed E-state index contributed by atoms with van der Waals surface area (Å²) in [6.07, 6.45) is -5.08. The fraction of sp³-hybridized carbons (Fsp3) is 0.133. The number of carbonyl (C=O) groups is 1. The molecule has 0 unspecified atom stereocenters. The fourth-order valence-electron chi connectivity index (χ4n) is 2.01. The van der Waals surface area contributed by atoms with E-state index in [0.717, 1.165) is 0 Å². The van der Waals surface area contributed by atoms with E-state index in [9.17, 15) is 18.0 Å². The lowest BCUT2D eigenvalue weighted by atomic mass is 9.97. The Balaban J connectivity index is 2.43. The van der Waals surface area contributed by atoms with Gasteiger partial charge in [0.25, 0.3) is 0 Å². The zero-order chi connectivity index (χ0) is 16.3. The Morgan fingerprint density at radius 2 is 1.91 bits per heavy atom. The van der Waals surface area contributed by atoms with Gasteiger partial charge in [-0.25, -0.2) is 0 Å². The summed E-state index contributed by atoms with van der Waals surface area (Å²) in [6, 6.07) is 9.91. The lowest BCUT2D eigenvalue weighted by molar-refractivity contribution is -0.274. The maximum atomic E-state index is 12.3. The zero-order valence-electron chi connectivity index (χ0n) is 11.0. The summed E-state index contributed by atoms with van der Waals surface area (Å²) in [5.74, 6) is -1.44. The molecule has 2 aromatic rings. The first-order valence-corrected chi connectivity index (χ1v) is 6.49. The standard InChI is InChI=1S/C15H10ClF3O3/c16-11-4-5-13(10(6-11)8-14(20)21)9-2-1-3-12(7-9)22-15(17,18)19/h1-7H,8H2,(H,20,21). The first-order valence-electron chi connectivity index (χ1n) is 6.11. The Hall–Kier alpha value is -2.21. The van der Waals surface area contributed by atoms with Crippen molar-refractivity contribution in [3.63, 3.8) is 0 Å². The molecule has 0 saturated heterocycles. The average Bonchev–Trinajstić information content (AvgIpc) is 2.36. The van der Waals surface area contributed by atoms with Crippen molar-refractivity contribution in [3.05, 3.63) is 53.1 Å². The Morgan fingerprint density at radius 3 is 2.55 bits per heavy atom. The highest BCUT2D eigenvalue weighted by atomic mass is 35.5. The number of hydrogen-bond donors (Lipinski definition) is 1. The molecule has 2 aromatic carbocycles. The van der Waals surface area contributed by atoms with Crippen molar-refractivity contribution in [2.45, 2.75) is 12.8 Å². The van der Waals surface area contributed by atoms with Crippen LogP contribution in [-0.2, 0) is 11.2 Å². The lowest BCUT2D eigenvalue weighted by Crippen LogP contribution is -2.17. The summed E-state index contributed by atoms with van der Waals surface area (Å²) in [6.45, 7) is 0. The Bertz CT molecular complexity index is 699. The van der Waals surface area contributed by atoms with Crippen molar-refractivity contribution >= 4 is 17.6 Å². The molecule has 0 aliphatic heterocycles. The minimum absolute atomic E-state index is 0.291. The van der Waals surface area contributed by atoms with Gasteiger partial charge in [-0.15, -0.1) is 13.2 Å². The number of aliphatic carboxylic acids is 1. The molecule has 3 nitrogen and oxygen atoms in total. The molecule has 0 amide bonds. The summed E-state index contributed by atoms with van der Waals surface area (Å²) in [5, 5.41) is 9.27.